The number of ether oxygens (including phenoxy) is 6. The van der Waals surface area contributed by atoms with E-state index < -0.39 is 0 Å². The van der Waals surface area contributed by atoms with Gasteiger partial charge in [-0.05, 0) is 86.1 Å². The lowest BCUT2D eigenvalue weighted by atomic mass is 10.3. The van der Waals surface area contributed by atoms with Crippen LogP contribution in [0, 0.1) is 0 Å². The van der Waals surface area contributed by atoms with Gasteiger partial charge in [0.15, 0.2) is 12.6 Å². The largest absolute Gasteiger partial charge is 0.471 e. The maximum Gasteiger partial charge on any atom is 0.328 e. The van der Waals surface area contributed by atoms with E-state index in [4.69, 9.17) is 28.4 Å². The molecule has 5 aromatic carbocycles. The van der Waals surface area contributed by atoms with Crippen LogP contribution in [0.3, 0.4) is 0 Å². The van der Waals surface area contributed by atoms with Gasteiger partial charge < -0.3 is 28.4 Å². The van der Waals surface area contributed by atoms with E-state index in [0.717, 1.165) is 0 Å². The van der Waals surface area contributed by atoms with Crippen LogP contribution in [-0.2, 0) is 0 Å². The number of benzene rings is 5. The molecule has 0 N–H and O–H groups in total. The molecule has 0 saturated heterocycles. The first-order chi connectivity index (χ1) is 24.5. The van der Waals surface area contributed by atoms with Crippen molar-refractivity contribution >= 4 is 30.7 Å². The van der Waals surface area contributed by atoms with Crippen LogP contribution in [0.1, 0.15) is 6.92 Å². The Morgan fingerprint density at radius 2 is 0.880 bits per heavy atom. The molecular weight excluding hydrogens is 634 g/mol. The molecule has 11 heteroatoms. The predicted molar refractivity (Wildman–Crippen MR) is 195 cm³/mol. The summed E-state index contributed by atoms with van der Waals surface area (Å²) in [7, 11) is 0. The summed E-state index contributed by atoms with van der Waals surface area (Å²) in [5.41, 5.74) is 0. The molecule has 0 fully saturated rings. The maximum absolute atomic E-state index is 5.96. The van der Waals surface area contributed by atoms with E-state index in [2.05, 4.69) is 38.3 Å². The van der Waals surface area contributed by atoms with Crippen LogP contribution in [0.2, 0.25) is 0 Å². The van der Waals surface area contributed by atoms with Crippen molar-refractivity contribution in [2.45, 2.75) is 6.92 Å². The van der Waals surface area contributed by atoms with Crippen molar-refractivity contribution < 1.29 is 28.4 Å². The molecular formula is C39H33N5O6. The average molecular weight is 668 g/mol. The molecule has 0 aliphatic rings. The van der Waals surface area contributed by atoms with Crippen molar-refractivity contribution in [1.82, 2.24) is 0 Å². The van der Waals surface area contributed by atoms with E-state index >= 15 is 0 Å². The van der Waals surface area contributed by atoms with E-state index in [-0.39, 0.29) is 30.7 Å². The molecule has 0 radical (unpaired) electrons. The molecule has 5 rings (SSSR count). The minimum Gasteiger partial charge on any atom is -0.471 e. The van der Waals surface area contributed by atoms with Crippen molar-refractivity contribution in [3.8, 4) is 34.5 Å². The van der Waals surface area contributed by atoms with Crippen LogP contribution in [0.15, 0.2) is 183 Å². The first kappa shape index (κ1) is 34.3. The fraction of sp³-hybridized carbons (Fsp3) is 0.0513. The molecule has 0 saturated carbocycles. The number of rotatable bonds is 10. The van der Waals surface area contributed by atoms with Gasteiger partial charge in [0, 0.05) is 6.92 Å². The third-order valence-corrected chi connectivity index (χ3v) is 6.16. The van der Waals surface area contributed by atoms with E-state index in [1.807, 2.05) is 97.1 Å². The Morgan fingerprint density at radius 3 is 1.40 bits per heavy atom. The zero-order chi connectivity index (χ0) is 34.8. The lowest BCUT2D eigenvalue weighted by molar-refractivity contribution is 0.327. The number of hydrogen-bond donors (Lipinski definition) is 0. The summed E-state index contributed by atoms with van der Waals surface area (Å²) in [5, 5.41) is 0. The van der Waals surface area contributed by atoms with E-state index in [0.29, 0.717) is 40.4 Å². The summed E-state index contributed by atoms with van der Waals surface area (Å²) in [6.07, 6.45) is 0. The lowest BCUT2D eigenvalue weighted by Gasteiger charge is -2.10. The number of aliphatic imine (C=N–C) groups is 5. The Morgan fingerprint density at radius 1 is 0.460 bits per heavy atom. The second-order valence-electron chi connectivity index (χ2n) is 9.92. The molecule has 0 bridgehead atoms. The Hall–Kier alpha value is -7.01. The Bertz CT molecular complexity index is 1950. The predicted octanol–water partition coefficient (Wildman–Crippen LogP) is 8.38. The smallest absolute Gasteiger partial charge is 0.328 e. The summed E-state index contributed by atoms with van der Waals surface area (Å²) < 4.78 is 34.9. The summed E-state index contributed by atoms with van der Waals surface area (Å²) in [6.45, 7) is 9.08. The third-order valence-electron chi connectivity index (χ3n) is 6.16. The van der Waals surface area contributed by atoms with Gasteiger partial charge in [-0.3, -0.25) is 0 Å². The maximum atomic E-state index is 5.96. The summed E-state index contributed by atoms with van der Waals surface area (Å²) in [6, 6.07) is 43.1. The van der Waals surface area contributed by atoms with Gasteiger partial charge in [0.2, 0.25) is 5.88 Å². The van der Waals surface area contributed by atoms with Crippen LogP contribution in [0.25, 0.3) is 0 Å². The van der Waals surface area contributed by atoms with Crippen LogP contribution >= 0.6 is 0 Å². The van der Waals surface area contributed by atoms with Gasteiger partial charge in [-0.2, -0.15) is 15.0 Å². The third kappa shape index (κ3) is 11.7. The number of hydrogen-bond acceptors (Lipinski definition) is 8. The molecule has 50 heavy (non-hydrogen) atoms. The molecule has 0 aliphatic heterocycles. The highest BCUT2D eigenvalue weighted by molar-refractivity contribution is 5.93. The minimum atomic E-state index is -0.0800. The first-order valence-corrected chi connectivity index (χ1v) is 15.3. The zero-order valence-electron chi connectivity index (χ0n) is 27.2. The van der Waals surface area contributed by atoms with Gasteiger partial charge in [0.05, 0.1) is 0 Å². The quantitative estimate of drug-likeness (QED) is 0.0839. The van der Waals surface area contributed by atoms with Crippen molar-refractivity contribution in [3.63, 3.8) is 0 Å². The normalized spacial score (nSPS) is 12.0. The molecule has 0 spiro atoms. The van der Waals surface area contributed by atoms with Gasteiger partial charge in [0.25, 0.3) is 0 Å². The van der Waals surface area contributed by atoms with Gasteiger partial charge in [0.1, 0.15) is 34.5 Å². The Labute approximate surface area is 289 Å². The van der Waals surface area contributed by atoms with E-state index in [9.17, 15) is 0 Å². The molecule has 0 aliphatic carbocycles. The molecule has 0 heterocycles. The fourth-order valence-electron chi connectivity index (χ4n) is 3.96. The lowest BCUT2D eigenvalue weighted by Crippen LogP contribution is -2.14. The summed E-state index contributed by atoms with van der Waals surface area (Å²) >= 11 is 0. The highest BCUT2D eigenvalue weighted by Crippen LogP contribution is 2.21. The fourth-order valence-corrected chi connectivity index (χ4v) is 3.96. The average Bonchev–Trinajstić information content (AvgIpc) is 3.13. The number of nitrogens with zero attached hydrogens (tertiary/aromatic N) is 5. The molecule has 0 amide bonds. The van der Waals surface area contributed by atoms with Crippen LogP contribution in [0.5, 0.6) is 34.5 Å². The van der Waals surface area contributed by atoms with E-state index in [1.54, 1.807) is 55.5 Å². The van der Waals surface area contributed by atoms with Crippen molar-refractivity contribution in [2.75, 3.05) is 6.73 Å². The van der Waals surface area contributed by atoms with Crippen LogP contribution in [-0.4, -0.2) is 37.4 Å². The SMILES string of the molecule is C=N/C(=N\C(=N/COc1ccccc1)Oc1ccc(OC(=C)/N=C(\N=C(/C)Oc2ccccc2)Oc2ccccc2)cc1)Oc1ccccc1. The van der Waals surface area contributed by atoms with Gasteiger partial charge in [-0.1, -0.05) is 72.8 Å². The highest BCUT2D eigenvalue weighted by atomic mass is 16.5. The molecule has 0 unspecified atom stereocenters. The van der Waals surface area contributed by atoms with Gasteiger partial charge in [-0.15, -0.1) is 4.99 Å². The molecule has 0 atom stereocenters. The number of para-hydroxylation sites is 4. The second-order valence-corrected chi connectivity index (χ2v) is 9.92. The first-order valence-electron chi connectivity index (χ1n) is 15.3. The molecule has 0 aromatic heterocycles. The molecule has 11 nitrogen and oxygen atoms in total. The van der Waals surface area contributed by atoms with Gasteiger partial charge >= 0.3 is 18.1 Å². The van der Waals surface area contributed by atoms with E-state index in [1.165, 1.54) is 0 Å². The van der Waals surface area contributed by atoms with Crippen molar-refractivity contribution in [2.24, 2.45) is 25.0 Å². The summed E-state index contributed by atoms with van der Waals surface area (Å²) in [5.74, 6) is 3.43. The topological polar surface area (TPSA) is 117 Å². The van der Waals surface area contributed by atoms with Gasteiger partial charge in [-0.25, -0.2) is 4.99 Å². The minimum absolute atomic E-state index is 0.0190. The second kappa shape index (κ2) is 18.4. The van der Waals surface area contributed by atoms with Crippen LogP contribution < -0.4 is 28.4 Å². The monoisotopic (exact) mass is 667 g/mol. The summed E-state index contributed by atoms with van der Waals surface area (Å²) in [4.78, 5) is 21.3. The zero-order valence-corrected chi connectivity index (χ0v) is 27.2. The Balaban J connectivity index is 1.29. The van der Waals surface area contributed by atoms with Crippen LogP contribution in [0.4, 0.5) is 0 Å². The van der Waals surface area contributed by atoms with Crippen molar-refractivity contribution in [1.29, 1.82) is 0 Å². The highest BCUT2D eigenvalue weighted by Gasteiger charge is 2.10. The molecule has 5 aromatic rings. The molecule has 250 valence electrons. The Kier molecular flexibility index (Phi) is 12.6. The van der Waals surface area contributed by atoms with Crippen molar-refractivity contribution in [3.05, 3.63) is 158 Å². The standard InChI is InChI=1S/C39H33N5O6/c1-29(46-32-18-10-5-11-19-32)42-39(50-34-22-14-7-15-23-34)43-30(2)47-35-24-26-36(27-25-35)49-38(41-28-45-31-16-8-4-9-17-31)44-37(40-3)48-33-20-12-6-13-21-33/h4-27H,2-3,28H2,1H3/b41-38+,42-29+,43-39+,44-37+. The number of amidine groups is 3.